The van der Waals surface area contributed by atoms with Crippen LogP contribution in [-0.4, -0.2) is 5.91 Å². The predicted molar refractivity (Wildman–Crippen MR) is 88.3 cm³/mol. The smallest absolute Gasteiger partial charge is 0.322 e. The van der Waals surface area contributed by atoms with Crippen molar-refractivity contribution in [3.8, 4) is 0 Å². The van der Waals surface area contributed by atoms with Gasteiger partial charge in [0, 0.05) is 14.8 Å². The van der Waals surface area contributed by atoms with E-state index in [9.17, 15) is 18.0 Å². The van der Waals surface area contributed by atoms with Gasteiger partial charge in [-0.25, -0.2) is 0 Å². The Morgan fingerprint density at radius 2 is 1.91 bits per heavy atom. The molecule has 0 spiro atoms. The lowest BCUT2D eigenvalue weighted by molar-refractivity contribution is -0.138. The summed E-state index contributed by atoms with van der Waals surface area (Å²) in [4.78, 5) is 12.2. The van der Waals surface area contributed by atoms with Gasteiger partial charge in [0.25, 0.3) is 5.91 Å². The summed E-state index contributed by atoms with van der Waals surface area (Å²) in [7, 11) is 0. The SMILES string of the molecule is Cc1c(NC(=O)c2ccc(Cl)c(I)c2)cccc1C(F)(F)F. The number of anilines is 1. The van der Waals surface area contributed by atoms with E-state index in [0.29, 0.717) is 14.2 Å². The number of hydrogen-bond acceptors (Lipinski definition) is 1. The highest BCUT2D eigenvalue weighted by Crippen LogP contribution is 2.34. The van der Waals surface area contributed by atoms with Crippen LogP contribution in [0.25, 0.3) is 0 Å². The lowest BCUT2D eigenvalue weighted by Crippen LogP contribution is -2.15. The second-order valence-corrected chi connectivity index (χ2v) is 6.13. The van der Waals surface area contributed by atoms with Crippen molar-refractivity contribution in [2.24, 2.45) is 0 Å². The van der Waals surface area contributed by atoms with Gasteiger partial charge in [0.1, 0.15) is 0 Å². The van der Waals surface area contributed by atoms with Crippen LogP contribution in [-0.2, 0) is 6.18 Å². The second-order valence-electron chi connectivity index (χ2n) is 4.56. The highest BCUT2D eigenvalue weighted by molar-refractivity contribution is 14.1. The fourth-order valence-electron chi connectivity index (χ4n) is 1.91. The van der Waals surface area contributed by atoms with Gasteiger partial charge < -0.3 is 5.32 Å². The monoisotopic (exact) mass is 439 g/mol. The third-order valence-electron chi connectivity index (χ3n) is 3.07. The topological polar surface area (TPSA) is 29.1 Å². The molecule has 2 rings (SSSR count). The van der Waals surface area contributed by atoms with Crippen molar-refractivity contribution >= 4 is 45.8 Å². The number of carbonyl (C=O) groups is 1. The Labute approximate surface area is 143 Å². The van der Waals surface area contributed by atoms with Crippen LogP contribution >= 0.6 is 34.2 Å². The predicted octanol–water partition coefficient (Wildman–Crippen LogP) is 5.52. The minimum atomic E-state index is -4.46. The molecule has 116 valence electrons. The number of halogens is 5. The number of nitrogens with one attached hydrogen (secondary N) is 1. The molecule has 0 aliphatic rings. The second kappa shape index (κ2) is 6.45. The lowest BCUT2D eigenvalue weighted by atomic mass is 10.1. The van der Waals surface area contributed by atoms with E-state index in [4.69, 9.17) is 11.6 Å². The van der Waals surface area contributed by atoms with E-state index in [1.54, 1.807) is 12.1 Å². The van der Waals surface area contributed by atoms with Crippen LogP contribution in [0.1, 0.15) is 21.5 Å². The zero-order valence-electron chi connectivity index (χ0n) is 11.3. The molecule has 0 atom stereocenters. The molecule has 0 aliphatic carbocycles. The summed E-state index contributed by atoms with van der Waals surface area (Å²) in [5.74, 6) is -0.489. The largest absolute Gasteiger partial charge is 0.416 e. The first-order chi connectivity index (χ1) is 10.2. The van der Waals surface area contributed by atoms with Crippen molar-refractivity contribution in [3.05, 3.63) is 61.7 Å². The van der Waals surface area contributed by atoms with Crippen molar-refractivity contribution in [2.45, 2.75) is 13.1 Å². The van der Waals surface area contributed by atoms with Crippen LogP contribution in [0.3, 0.4) is 0 Å². The van der Waals surface area contributed by atoms with Crippen molar-refractivity contribution < 1.29 is 18.0 Å². The maximum absolute atomic E-state index is 12.9. The highest BCUT2D eigenvalue weighted by atomic mass is 127. The van der Waals surface area contributed by atoms with Gasteiger partial charge in [-0.2, -0.15) is 13.2 Å². The quantitative estimate of drug-likeness (QED) is 0.613. The van der Waals surface area contributed by atoms with Crippen LogP contribution in [0, 0.1) is 10.5 Å². The molecule has 0 unspecified atom stereocenters. The molecule has 0 aliphatic heterocycles. The van der Waals surface area contributed by atoms with Gasteiger partial charge in [-0.05, 0) is 65.4 Å². The van der Waals surface area contributed by atoms with E-state index < -0.39 is 17.6 Å². The van der Waals surface area contributed by atoms with E-state index in [1.807, 2.05) is 22.6 Å². The number of carbonyl (C=O) groups excluding carboxylic acids is 1. The summed E-state index contributed by atoms with van der Waals surface area (Å²) >= 11 is 7.85. The first kappa shape index (κ1) is 17.1. The maximum Gasteiger partial charge on any atom is 0.416 e. The Morgan fingerprint density at radius 1 is 1.23 bits per heavy atom. The van der Waals surface area contributed by atoms with E-state index >= 15 is 0 Å². The molecule has 0 radical (unpaired) electrons. The number of alkyl halides is 3. The fourth-order valence-corrected chi connectivity index (χ4v) is 2.54. The van der Waals surface area contributed by atoms with Crippen LogP contribution in [0.4, 0.5) is 18.9 Å². The van der Waals surface area contributed by atoms with Crippen molar-refractivity contribution in [1.29, 1.82) is 0 Å². The Morgan fingerprint density at radius 3 is 2.50 bits per heavy atom. The van der Waals surface area contributed by atoms with E-state index in [0.717, 1.165) is 6.07 Å². The Hall–Kier alpha value is -1.28. The summed E-state index contributed by atoms with van der Waals surface area (Å²) in [5.41, 5.74) is -0.335. The lowest BCUT2D eigenvalue weighted by Gasteiger charge is -2.14. The number of benzene rings is 2. The van der Waals surface area contributed by atoms with Gasteiger partial charge in [-0.1, -0.05) is 17.7 Å². The van der Waals surface area contributed by atoms with Gasteiger partial charge in [0.15, 0.2) is 0 Å². The van der Waals surface area contributed by atoms with Crippen LogP contribution < -0.4 is 5.32 Å². The van der Waals surface area contributed by atoms with E-state index in [-0.39, 0.29) is 11.3 Å². The van der Waals surface area contributed by atoms with Crippen LogP contribution in [0.5, 0.6) is 0 Å². The van der Waals surface area contributed by atoms with Gasteiger partial charge in [-0.15, -0.1) is 0 Å². The number of rotatable bonds is 2. The molecule has 0 saturated carbocycles. The summed E-state index contributed by atoms with van der Waals surface area (Å²) in [6, 6.07) is 8.33. The maximum atomic E-state index is 12.9. The Balaban J connectivity index is 2.31. The van der Waals surface area contributed by atoms with Crippen molar-refractivity contribution in [1.82, 2.24) is 0 Å². The van der Waals surface area contributed by atoms with Crippen LogP contribution in [0.2, 0.25) is 5.02 Å². The molecule has 0 aromatic heterocycles. The zero-order chi connectivity index (χ0) is 16.5. The molecule has 0 bridgehead atoms. The van der Waals surface area contributed by atoms with Gasteiger partial charge >= 0.3 is 6.18 Å². The average Bonchev–Trinajstić information content (AvgIpc) is 2.42. The summed E-state index contributed by atoms with van der Waals surface area (Å²) in [6.07, 6.45) is -4.46. The summed E-state index contributed by atoms with van der Waals surface area (Å²) in [5, 5.41) is 3.01. The molecular formula is C15H10ClF3INO. The van der Waals surface area contributed by atoms with E-state index in [2.05, 4.69) is 5.32 Å². The first-order valence-corrected chi connectivity index (χ1v) is 7.59. The zero-order valence-corrected chi connectivity index (χ0v) is 14.2. The molecule has 2 nitrogen and oxygen atoms in total. The Kier molecular flexibility index (Phi) is 5.01. The molecule has 0 saturated heterocycles. The first-order valence-electron chi connectivity index (χ1n) is 6.13. The van der Waals surface area contributed by atoms with E-state index in [1.165, 1.54) is 25.1 Å². The molecule has 0 fully saturated rings. The average molecular weight is 440 g/mol. The molecule has 1 N–H and O–H groups in total. The number of amides is 1. The molecule has 0 heterocycles. The van der Waals surface area contributed by atoms with Gasteiger partial charge in [-0.3, -0.25) is 4.79 Å². The molecule has 7 heteroatoms. The Bertz CT molecular complexity index is 731. The molecule has 2 aromatic carbocycles. The summed E-state index contributed by atoms with van der Waals surface area (Å²) < 4.78 is 39.3. The van der Waals surface area contributed by atoms with Crippen molar-refractivity contribution in [3.63, 3.8) is 0 Å². The van der Waals surface area contributed by atoms with Gasteiger partial charge in [0.05, 0.1) is 10.6 Å². The van der Waals surface area contributed by atoms with Crippen molar-refractivity contribution in [2.75, 3.05) is 5.32 Å². The third-order valence-corrected chi connectivity index (χ3v) is 4.61. The third kappa shape index (κ3) is 3.73. The van der Waals surface area contributed by atoms with Crippen LogP contribution in [0.15, 0.2) is 36.4 Å². The van der Waals surface area contributed by atoms with Gasteiger partial charge in [0.2, 0.25) is 0 Å². The molecular weight excluding hydrogens is 430 g/mol. The molecule has 1 amide bonds. The fraction of sp³-hybridized carbons (Fsp3) is 0.133. The minimum Gasteiger partial charge on any atom is -0.322 e. The normalized spacial score (nSPS) is 11.4. The standard InChI is InChI=1S/C15H10ClF3INO/c1-8-10(15(17,18)19)3-2-4-13(8)21-14(22)9-5-6-11(16)12(20)7-9/h2-7H,1H3,(H,21,22). The molecule has 2 aromatic rings. The summed E-state index contributed by atoms with van der Waals surface area (Å²) in [6.45, 7) is 1.32. The highest BCUT2D eigenvalue weighted by Gasteiger charge is 2.33. The number of hydrogen-bond donors (Lipinski definition) is 1. The molecule has 22 heavy (non-hydrogen) atoms. The minimum absolute atomic E-state index is 0.0213.